The van der Waals surface area contributed by atoms with E-state index in [9.17, 15) is 4.79 Å². The summed E-state index contributed by atoms with van der Waals surface area (Å²) >= 11 is 6.14. The van der Waals surface area contributed by atoms with Gasteiger partial charge in [-0.05, 0) is 6.42 Å². The Morgan fingerprint density at radius 1 is 1.62 bits per heavy atom. The predicted molar refractivity (Wildman–Crippen MR) is 61.9 cm³/mol. The van der Waals surface area contributed by atoms with Crippen molar-refractivity contribution in [2.45, 2.75) is 31.6 Å². The van der Waals surface area contributed by atoms with Gasteiger partial charge in [-0.1, -0.05) is 13.3 Å². The molecule has 0 amide bonds. The maximum absolute atomic E-state index is 11.2. The van der Waals surface area contributed by atoms with Crippen LogP contribution in [-0.4, -0.2) is 25.0 Å². The van der Waals surface area contributed by atoms with Crippen molar-refractivity contribution < 1.29 is 0 Å². The Labute approximate surface area is 97.5 Å². The molecule has 0 fully saturated rings. The highest BCUT2D eigenvalue weighted by atomic mass is 35.5. The van der Waals surface area contributed by atoms with Gasteiger partial charge in [-0.2, -0.15) is 5.10 Å². The molecule has 0 aliphatic carbocycles. The van der Waals surface area contributed by atoms with Crippen LogP contribution in [0.4, 0.5) is 0 Å². The fourth-order valence-corrected chi connectivity index (χ4v) is 1.98. The second-order valence-electron chi connectivity index (χ2n) is 3.73. The third-order valence-electron chi connectivity index (χ3n) is 2.40. The lowest BCUT2D eigenvalue weighted by Gasteiger charge is -2.06. The molecule has 1 N–H and O–H groups in total. The lowest BCUT2D eigenvalue weighted by atomic mass is 10.1. The summed E-state index contributed by atoms with van der Waals surface area (Å²) in [6.07, 6.45) is 4.19. The number of H-pyrrole nitrogens is 1. The highest BCUT2D eigenvalue weighted by Gasteiger charge is 2.08. The van der Waals surface area contributed by atoms with Gasteiger partial charge in [-0.25, -0.2) is 19.3 Å². The first-order chi connectivity index (χ1) is 7.70. The summed E-state index contributed by atoms with van der Waals surface area (Å²) < 4.78 is 1.37. The van der Waals surface area contributed by atoms with E-state index in [1.165, 1.54) is 10.7 Å². The zero-order chi connectivity index (χ0) is 11.5. The first-order valence-electron chi connectivity index (χ1n) is 5.26. The predicted octanol–water partition coefficient (Wildman–Crippen LogP) is 1.37. The topological polar surface area (TPSA) is 63.0 Å². The van der Waals surface area contributed by atoms with E-state index < -0.39 is 0 Å². The number of rotatable bonds is 4. The number of hydrogen-bond acceptors (Lipinski definition) is 3. The molecule has 1 unspecified atom stereocenters. The Hall–Kier alpha value is -1.36. The van der Waals surface area contributed by atoms with E-state index in [1.807, 2.05) is 0 Å². The molecule has 2 rings (SSSR count). The van der Waals surface area contributed by atoms with Crippen LogP contribution in [0, 0.1) is 0 Å². The van der Waals surface area contributed by atoms with Gasteiger partial charge in [0.15, 0.2) is 5.65 Å². The van der Waals surface area contributed by atoms with E-state index in [4.69, 9.17) is 11.6 Å². The Balaban J connectivity index is 2.23. The molecule has 0 saturated heterocycles. The molecular weight excluding hydrogens is 228 g/mol. The van der Waals surface area contributed by atoms with Gasteiger partial charge < -0.3 is 0 Å². The first-order valence-corrected chi connectivity index (χ1v) is 5.70. The minimum Gasteiger partial charge on any atom is -0.246 e. The van der Waals surface area contributed by atoms with Crippen LogP contribution in [0.3, 0.4) is 0 Å². The number of hydrogen-bond donors (Lipinski definition) is 1. The van der Waals surface area contributed by atoms with Crippen molar-refractivity contribution in [2.24, 2.45) is 0 Å². The standard InChI is InChI=1S/C10H13ClN4O/c1-2-3-7(11)4-8-5-9-13-14-10(16)15(9)6-12-8/h5-7H,2-4H2,1H3,(H,14,16). The van der Waals surface area contributed by atoms with E-state index in [2.05, 4.69) is 22.1 Å². The third kappa shape index (κ3) is 2.24. The number of aromatic nitrogens is 4. The summed E-state index contributed by atoms with van der Waals surface area (Å²) in [6, 6.07) is 1.78. The first kappa shape index (κ1) is 11.1. The monoisotopic (exact) mass is 240 g/mol. The zero-order valence-electron chi connectivity index (χ0n) is 8.98. The summed E-state index contributed by atoms with van der Waals surface area (Å²) in [5.41, 5.74) is 1.17. The van der Waals surface area contributed by atoms with Crippen LogP contribution in [0.2, 0.25) is 0 Å². The molecule has 2 heterocycles. The second kappa shape index (κ2) is 4.65. The third-order valence-corrected chi connectivity index (χ3v) is 2.77. The van der Waals surface area contributed by atoms with Crippen molar-refractivity contribution in [1.82, 2.24) is 19.6 Å². The smallest absolute Gasteiger partial charge is 0.246 e. The van der Waals surface area contributed by atoms with Crippen molar-refractivity contribution >= 4 is 17.2 Å². The van der Waals surface area contributed by atoms with Crippen molar-refractivity contribution in [3.8, 4) is 0 Å². The van der Waals surface area contributed by atoms with Gasteiger partial charge in [0.1, 0.15) is 6.33 Å². The van der Waals surface area contributed by atoms with Crippen LogP contribution in [0.1, 0.15) is 25.5 Å². The molecule has 6 heteroatoms. The summed E-state index contributed by atoms with van der Waals surface area (Å²) in [5.74, 6) is 0. The van der Waals surface area contributed by atoms with Crippen LogP contribution >= 0.6 is 11.6 Å². The summed E-state index contributed by atoms with van der Waals surface area (Å²) in [6.45, 7) is 2.10. The molecule has 1 atom stereocenters. The largest absolute Gasteiger partial charge is 0.348 e. The van der Waals surface area contributed by atoms with Gasteiger partial charge >= 0.3 is 5.69 Å². The summed E-state index contributed by atoms with van der Waals surface area (Å²) in [5, 5.41) is 6.33. The quantitative estimate of drug-likeness (QED) is 0.821. The maximum Gasteiger partial charge on any atom is 0.348 e. The van der Waals surface area contributed by atoms with E-state index in [-0.39, 0.29) is 11.1 Å². The van der Waals surface area contributed by atoms with E-state index in [0.717, 1.165) is 18.5 Å². The van der Waals surface area contributed by atoms with E-state index in [1.54, 1.807) is 6.07 Å². The highest BCUT2D eigenvalue weighted by Crippen LogP contribution is 2.11. The number of alkyl halides is 1. The lowest BCUT2D eigenvalue weighted by molar-refractivity contribution is 0.714. The van der Waals surface area contributed by atoms with Crippen LogP contribution < -0.4 is 5.69 Å². The minimum atomic E-state index is -0.273. The lowest BCUT2D eigenvalue weighted by Crippen LogP contribution is -2.11. The van der Waals surface area contributed by atoms with Crippen molar-refractivity contribution in [2.75, 3.05) is 0 Å². The van der Waals surface area contributed by atoms with E-state index >= 15 is 0 Å². The van der Waals surface area contributed by atoms with Gasteiger partial charge in [0, 0.05) is 23.6 Å². The molecule has 0 saturated carbocycles. The molecule has 5 nitrogen and oxygen atoms in total. The van der Waals surface area contributed by atoms with Crippen LogP contribution in [0.15, 0.2) is 17.2 Å². The highest BCUT2D eigenvalue weighted by molar-refractivity contribution is 6.20. The molecule has 86 valence electrons. The molecule has 0 aliphatic heterocycles. The molecule has 2 aromatic rings. The molecule has 0 bridgehead atoms. The van der Waals surface area contributed by atoms with Gasteiger partial charge in [-0.15, -0.1) is 11.6 Å². The van der Waals surface area contributed by atoms with Crippen molar-refractivity contribution in [3.63, 3.8) is 0 Å². The number of halogens is 1. The summed E-state index contributed by atoms with van der Waals surface area (Å²) in [4.78, 5) is 15.4. The SMILES string of the molecule is CCCC(Cl)Cc1cc2n[nH]c(=O)n2cn1. The Kier molecular flexibility index (Phi) is 3.24. The molecule has 16 heavy (non-hydrogen) atoms. The van der Waals surface area contributed by atoms with Crippen LogP contribution in [0.25, 0.3) is 5.65 Å². The molecular formula is C10H13ClN4O. The molecule has 0 aliphatic rings. The average molecular weight is 241 g/mol. The van der Waals surface area contributed by atoms with Crippen molar-refractivity contribution in [3.05, 3.63) is 28.6 Å². The number of fused-ring (bicyclic) bond motifs is 1. The maximum atomic E-state index is 11.2. The zero-order valence-corrected chi connectivity index (χ0v) is 9.74. The number of aromatic amines is 1. The van der Waals surface area contributed by atoms with E-state index in [0.29, 0.717) is 12.1 Å². The van der Waals surface area contributed by atoms with Crippen molar-refractivity contribution in [1.29, 1.82) is 0 Å². The van der Waals surface area contributed by atoms with Gasteiger partial charge in [0.05, 0.1) is 0 Å². The van der Waals surface area contributed by atoms with Crippen LogP contribution in [0.5, 0.6) is 0 Å². The molecule has 0 radical (unpaired) electrons. The second-order valence-corrected chi connectivity index (χ2v) is 4.34. The Morgan fingerprint density at radius 2 is 2.44 bits per heavy atom. The average Bonchev–Trinajstić information content (AvgIpc) is 2.60. The Bertz CT molecular complexity index is 533. The molecule has 2 aromatic heterocycles. The number of nitrogens with zero attached hydrogens (tertiary/aromatic N) is 3. The summed E-state index contributed by atoms with van der Waals surface area (Å²) in [7, 11) is 0. The molecule has 0 aromatic carbocycles. The fourth-order valence-electron chi connectivity index (χ4n) is 1.60. The minimum absolute atomic E-state index is 0.0885. The normalized spacial score (nSPS) is 13.1. The van der Waals surface area contributed by atoms with Gasteiger partial charge in [-0.3, -0.25) is 0 Å². The number of nitrogens with one attached hydrogen (secondary N) is 1. The Morgan fingerprint density at radius 3 is 3.19 bits per heavy atom. The fraction of sp³-hybridized carbons (Fsp3) is 0.500. The van der Waals surface area contributed by atoms with Crippen LogP contribution in [-0.2, 0) is 6.42 Å². The van der Waals surface area contributed by atoms with Gasteiger partial charge in [0.25, 0.3) is 0 Å². The van der Waals surface area contributed by atoms with Gasteiger partial charge in [0.2, 0.25) is 0 Å². The molecule has 0 spiro atoms.